The van der Waals surface area contributed by atoms with E-state index in [4.69, 9.17) is 5.73 Å². The molecule has 0 radical (unpaired) electrons. The third kappa shape index (κ3) is 1.40. The Labute approximate surface area is 75.4 Å². The van der Waals surface area contributed by atoms with Crippen molar-refractivity contribution in [3.8, 4) is 5.69 Å². The molecule has 0 unspecified atom stereocenters. The normalized spacial score (nSPS) is 10.2. The van der Waals surface area contributed by atoms with Crippen LogP contribution < -0.4 is 5.73 Å². The molecule has 0 aliphatic carbocycles. The number of halogens is 1. The summed E-state index contributed by atoms with van der Waals surface area (Å²) >= 11 is 0. The quantitative estimate of drug-likeness (QED) is 0.663. The fourth-order valence-corrected chi connectivity index (χ4v) is 1.22. The fourth-order valence-electron chi connectivity index (χ4n) is 1.22. The highest BCUT2D eigenvalue weighted by atomic mass is 19.1. The number of anilines is 1. The predicted octanol–water partition coefficient (Wildman–Crippen LogP) is 2.20. The summed E-state index contributed by atoms with van der Waals surface area (Å²) in [5.74, 6) is -0.273. The smallest absolute Gasteiger partial charge is 0.147 e. The van der Waals surface area contributed by atoms with Gasteiger partial charge in [0.05, 0.1) is 5.69 Å². The molecule has 0 atom stereocenters. The van der Waals surface area contributed by atoms with Crippen LogP contribution in [0.25, 0.3) is 5.69 Å². The summed E-state index contributed by atoms with van der Waals surface area (Å²) in [6.45, 7) is 0. The van der Waals surface area contributed by atoms with E-state index in [-0.39, 0.29) is 5.82 Å². The molecule has 0 aliphatic heterocycles. The maximum absolute atomic E-state index is 13.3. The van der Waals surface area contributed by atoms with Crippen LogP contribution in [-0.4, -0.2) is 4.57 Å². The van der Waals surface area contributed by atoms with Crippen molar-refractivity contribution in [3.63, 3.8) is 0 Å². The zero-order valence-electron chi connectivity index (χ0n) is 6.94. The van der Waals surface area contributed by atoms with Gasteiger partial charge in [0.1, 0.15) is 5.82 Å². The van der Waals surface area contributed by atoms with Crippen LogP contribution in [0.4, 0.5) is 10.1 Å². The zero-order chi connectivity index (χ0) is 9.26. The van der Waals surface area contributed by atoms with Gasteiger partial charge in [-0.25, -0.2) is 4.39 Å². The molecule has 0 fully saturated rings. The molecule has 0 saturated heterocycles. The number of hydrogen-bond acceptors (Lipinski definition) is 1. The summed E-state index contributed by atoms with van der Waals surface area (Å²) in [7, 11) is 0. The molecule has 3 heteroatoms. The van der Waals surface area contributed by atoms with Crippen LogP contribution in [0.3, 0.4) is 0 Å². The van der Waals surface area contributed by atoms with Crippen LogP contribution in [0.1, 0.15) is 0 Å². The second kappa shape index (κ2) is 2.94. The van der Waals surface area contributed by atoms with Crippen LogP contribution in [0.15, 0.2) is 42.7 Å². The highest BCUT2D eigenvalue weighted by Crippen LogP contribution is 2.16. The molecule has 1 heterocycles. The molecule has 0 amide bonds. The topological polar surface area (TPSA) is 30.9 Å². The van der Waals surface area contributed by atoms with Gasteiger partial charge in [-0.1, -0.05) is 0 Å². The van der Waals surface area contributed by atoms with Crippen molar-refractivity contribution in [2.75, 3.05) is 5.73 Å². The number of nitrogen functional groups attached to an aromatic ring is 1. The minimum atomic E-state index is -0.273. The molecular formula is C10H9FN2. The summed E-state index contributed by atoms with van der Waals surface area (Å²) in [5, 5.41) is 0. The van der Waals surface area contributed by atoms with Crippen molar-refractivity contribution in [2.24, 2.45) is 0 Å². The highest BCUT2D eigenvalue weighted by molar-refractivity contribution is 5.48. The minimum Gasteiger partial charge on any atom is -0.399 e. The molecule has 0 bridgehead atoms. The van der Waals surface area contributed by atoms with Crippen molar-refractivity contribution in [1.82, 2.24) is 4.57 Å². The Bertz CT molecular complexity index is 407. The van der Waals surface area contributed by atoms with Crippen LogP contribution >= 0.6 is 0 Å². The van der Waals surface area contributed by atoms with E-state index >= 15 is 0 Å². The predicted molar refractivity (Wildman–Crippen MR) is 50.1 cm³/mol. The monoisotopic (exact) mass is 176 g/mol. The first-order valence-electron chi connectivity index (χ1n) is 3.96. The lowest BCUT2D eigenvalue weighted by molar-refractivity contribution is 0.618. The highest BCUT2D eigenvalue weighted by Gasteiger charge is 2.02. The average molecular weight is 176 g/mol. The maximum atomic E-state index is 13.3. The number of nitrogens with two attached hydrogens (primary N) is 1. The summed E-state index contributed by atoms with van der Waals surface area (Å²) < 4.78 is 14.9. The van der Waals surface area contributed by atoms with Gasteiger partial charge in [-0.15, -0.1) is 0 Å². The Kier molecular flexibility index (Phi) is 1.77. The van der Waals surface area contributed by atoms with E-state index in [1.807, 2.05) is 12.1 Å². The molecule has 0 aliphatic rings. The lowest BCUT2D eigenvalue weighted by Gasteiger charge is -2.04. The number of rotatable bonds is 1. The Balaban J connectivity index is 2.57. The van der Waals surface area contributed by atoms with Gasteiger partial charge >= 0.3 is 0 Å². The van der Waals surface area contributed by atoms with E-state index in [1.165, 1.54) is 6.07 Å². The van der Waals surface area contributed by atoms with Gasteiger partial charge in [-0.2, -0.15) is 0 Å². The van der Waals surface area contributed by atoms with Crippen LogP contribution in [0.5, 0.6) is 0 Å². The molecule has 2 aromatic rings. The van der Waals surface area contributed by atoms with Gasteiger partial charge in [0.15, 0.2) is 0 Å². The second-order valence-electron chi connectivity index (χ2n) is 2.80. The Morgan fingerprint density at radius 3 is 2.54 bits per heavy atom. The van der Waals surface area contributed by atoms with Crippen LogP contribution in [0.2, 0.25) is 0 Å². The first kappa shape index (κ1) is 7.86. The van der Waals surface area contributed by atoms with E-state index in [9.17, 15) is 4.39 Å². The molecule has 0 saturated carbocycles. The fraction of sp³-hybridized carbons (Fsp3) is 0. The summed E-state index contributed by atoms with van der Waals surface area (Å²) in [4.78, 5) is 0. The zero-order valence-corrected chi connectivity index (χ0v) is 6.94. The molecule has 2 nitrogen and oxygen atoms in total. The minimum absolute atomic E-state index is 0.273. The standard InChI is InChI=1S/C10H9FN2/c11-9-4-3-8(12)7-10(9)13-5-1-2-6-13/h1-7H,12H2. The van der Waals surface area contributed by atoms with Gasteiger partial charge < -0.3 is 10.3 Å². The lowest BCUT2D eigenvalue weighted by atomic mass is 10.2. The molecule has 2 rings (SSSR count). The Morgan fingerprint density at radius 1 is 1.15 bits per heavy atom. The van der Waals surface area contributed by atoms with Crippen LogP contribution in [0, 0.1) is 5.82 Å². The number of benzene rings is 1. The average Bonchev–Trinajstić information content (AvgIpc) is 2.61. The van der Waals surface area contributed by atoms with Gasteiger partial charge in [-0.3, -0.25) is 0 Å². The van der Waals surface area contributed by atoms with Gasteiger partial charge in [-0.05, 0) is 30.3 Å². The van der Waals surface area contributed by atoms with E-state index in [1.54, 1.807) is 29.1 Å². The molecule has 13 heavy (non-hydrogen) atoms. The van der Waals surface area contributed by atoms with Gasteiger partial charge in [0.2, 0.25) is 0 Å². The van der Waals surface area contributed by atoms with E-state index < -0.39 is 0 Å². The molecule has 2 N–H and O–H groups in total. The van der Waals surface area contributed by atoms with E-state index in [2.05, 4.69) is 0 Å². The second-order valence-corrected chi connectivity index (χ2v) is 2.80. The first-order chi connectivity index (χ1) is 6.27. The number of nitrogens with zero attached hydrogens (tertiary/aromatic N) is 1. The van der Waals surface area contributed by atoms with Gasteiger partial charge in [0.25, 0.3) is 0 Å². The number of hydrogen-bond donors (Lipinski definition) is 1. The largest absolute Gasteiger partial charge is 0.399 e. The number of aromatic nitrogens is 1. The van der Waals surface area contributed by atoms with E-state index in [0.717, 1.165) is 0 Å². The van der Waals surface area contributed by atoms with Crippen LogP contribution in [-0.2, 0) is 0 Å². The van der Waals surface area contributed by atoms with Gasteiger partial charge in [0, 0.05) is 18.1 Å². The SMILES string of the molecule is Nc1ccc(F)c(-n2cccc2)c1. The summed E-state index contributed by atoms with van der Waals surface area (Å²) in [6.07, 6.45) is 3.55. The van der Waals surface area contributed by atoms with E-state index in [0.29, 0.717) is 11.4 Å². The molecular weight excluding hydrogens is 167 g/mol. The first-order valence-corrected chi connectivity index (χ1v) is 3.96. The summed E-state index contributed by atoms with van der Waals surface area (Å²) in [6, 6.07) is 8.19. The Hall–Kier alpha value is -1.77. The van der Waals surface area contributed by atoms with Crippen molar-refractivity contribution >= 4 is 5.69 Å². The Morgan fingerprint density at radius 2 is 1.85 bits per heavy atom. The van der Waals surface area contributed by atoms with Crippen molar-refractivity contribution in [3.05, 3.63) is 48.5 Å². The molecule has 66 valence electrons. The third-order valence-corrected chi connectivity index (χ3v) is 1.85. The lowest BCUT2D eigenvalue weighted by Crippen LogP contribution is -1.96. The molecule has 1 aromatic carbocycles. The van der Waals surface area contributed by atoms with Crippen molar-refractivity contribution < 1.29 is 4.39 Å². The van der Waals surface area contributed by atoms with Crippen molar-refractivity contribution in [2.45, 2.75) is 0 Å². The third-order valence-electron chi connectivity index (χ3n) is 1.85. The summed E-state index contributed by atoms with van der Waals surface area (Å²) in [5.41, 5.74) is 6.59. The van der Waals surface area contributed by atoms with Crippen molar-refractivity contribution in [1.29, 1.82) is 0 Å². The maximum Gasteiger partial charge on any atom is 0.147 e. The molecule has 0 spiro atoms. The molecule has 1 aromatic heterocycles.